The molecule has 1 amide bonds. The molecule has 1 aromatic carbocycles. The number of pyridine rings is 1. The zero-order valence-corrected chi connectivity index (χ0v) is 16.6. The number of halogens is 1. The van der Waals surface area contributed by atoms with Gasteiger partial charge in [0.2, 0.25) is 0 Å². The summed E-state index contributed by atoms with van der Waals surface area (Å²) in [6.07, 6.45) is 0. The van der Waals surface area contributed by atoms with Crippen molar-refractivity contribution in [3.63, 3.8) is 0 Å². The maximum absolute atomic E-state index is 12.7. The number of para-hydroxylation sites is 1. The molecular weight excluding hydrogens is 382 g/mol. The van der Waals surface area contributed by atoms with Crippen LogP contribution >= 0.6 is 11.6 Å². The molecular formula is C20H22ClN3O4. The van der Waals surface area contributed by atoms with Crippen molar-refractivity contribution in [3.05, 3.63) is 52.3 Å². The molecule has 1 aromatic heterocycles. The Bertz CT molecular complexity index is 882. The molecule has 0 radical (unpaired) electrons. The SMILES string of the molecule is CCOC(=O)c1ccc(C(=O)Nc2cccc(Cl)c2N2CCOCC2)nc1C. The highest BCUT2D eigenvalue weighted by molar-refractivity contribution is 6.34. The van der Waals surface area contributed by atoms with Gasteiger partial charge in [0, 0.05) is 13.1 Å². The van der Waals surface area contributed by atoms with Crippen LogP contribution in [0.4, 0.5) is 11.4 Å². The summed E-state index contributed by atoms with van der Waals surface area (Å²) in [5, 5.41) is 3.44. The Morgan fingerprint density at radius 1 is 1.25 bits per heavy atom. The van der Waals surface area contributed by atoms with Crippen molar-refractivity contribution in [2.75, 3.05) is 43.1 Å². The minimum absolute atomic E-state index is 0.207. The Balaban J connectivity index is 1.83. The van der Waals surface area contributed by atoms with Crippen LogP contribution in [0.15, 0.2) is 30.3 Å². The van der Waals surface area contributed by atoms with Crippen LogP contribution in [0.3, 0.4) is 0 Å². The van der Waals surface area contributed by atoms with E-state index in [2.05, 4.69) is 15.2 Å². The van der Waals surface area contributed by atoms with E-state index in [9.17, 15) is 9.59 Å². The third kappa shape index (κ3) is 4.43. The number of nitrogens with zero attached hydrogens (tertiary/aromatic N) is 2. The number of amides is 1. The molecule has 28 heavy (non-hydrogen) atoms. The molecule has 0 unspecified atom stereocenters. The van der Waals surface area contributed by atoms with Gasteiger partial charge < -0.3 is 19.7 Å². The molecule has 7 nitrogen and oxygen atoms in total. The van der Waals surface area contributed by atoms with Crippen molar-refractivity contribution in [1.29, 1.82) is 0 Å². The second kappa shape index (κ2) is 9.03. The molecule has 1 fully saturated rings. The Morgan fingerprint density at radius 3 is 2.68 bits per heavy atom. The topological polar surface area (TPSA) is 80.8 Å². The highest BCUT2D eigenvalue weighted by Crippen LogP contribution is 2.34. The summed E-state index contributed by atoms with van der Waals surface area (Å²) in [5.41, 5.74) is 2.35. The summed E-state index contributed by atoms with van der Waals surface area (Å²) >= 11 is 6.40. The van der Waals surface area contributed by atoms with E-state index in [0.717, 1.165) is 5.69 Å². The molecule has 3 rings (SSSR count). The molecule has 0 bridgehead atoms. The van der Waals surface area contributed by atoms with Crippen LogP contribution < -0.4 is 10.2 Å². The maximum atomic E-state index is 12.7. The lowest BCUT2D eigenvalue weighted by Crippen LogP contribution is -2.37. The lowest BCUT2D eigenvalue weighted by Gasteiger charge is -2.31. The zero-order valence-electron chi connectivity index (χ0n) is 15.8. The molecule has 0 saturated carbocycles. The van der Waals surface area contributed by atoms with Gasteiger partial charge in [-0.2, -0.15) is 0 Å². The molecule has 0 spiro atoms. The van der Waals surface area contributed by atoms with E-state index in [1.165, 1.54) is 6.07 Å². The third-order valence-electron chi connectivity index (χ3n) is 4.38. The number of morpholine rings is 1. The number of hydrogen-bond donors (Lipinski definition) is 1. The van der Waals surface area contributed by atoms with Crippen molar-refractivity contribution in [3.8, 4) is 0 Å². The van der Waals surface area contributed by atoms with Gasteiger partial charge in [-0.15, -0.1) is 0 Å². The lowest BCUT2D eigenvalue weighted by molar-refractivity contribution is 0.0524. The first kappa shape index (κ1) is 20.1. The van der Waals surface area contributed by atoms with E-state index in [1.54, 1.807) is 38.1 Å². The molecule has 8 heteroatoms. The van der Waals surface area contributed by atoms with Crippen LogP contribution in [-0.2, 0) is 9.47 Å². The summed E-state index contributed by atoms with van der Waals surface area (Å²) in [7, 11) is 0. The van der Waals surface area contributed by atoms with E-state index in [-0.39, 0.29) is 18.2 Å². The Labute approximate surface area is 168 Å². The van der Waals surface area contributed by atoms with Gasteiger partial charge in [0.15, 0.2) is 0 Å². The van der Waals surface area contributed by atoms with Crippen LogP contribution in [0.5, 0.6) is 0 Å². The van der Waals surface area contributed by atoms with Crippen molar-refractivity contribution in [2.24, 2.45) is 0 Å². The maximum Gasteiger partial charge on any atom is 0.339 e. The zero-order chi connectivity index (χ0) is 20.1. The van der Waals surface area contributed by atoms with Crippen LogP contribution in [0.1, 0.15) is 33.5 Å². The molecule has 1 N–H and O–H groups in total. The van der Waals surface area contributed by atoms with Gasteiger partial charge in [-0.05, 0) is 38.1 Å². The number of ether oxygens (including phenoxy) is 2. The second-order valence-corrected chi connectivity index (χ2v) is 6.65. The van der Waals surface area contributed by atoms with Crippen LogP contribution in [0.2, 0.25) is 5.02 Å². The first-order valence-corrected chi connectivity index (χ1v) is 9.46. The fourth-order valence-corrected chi connectivity index (χ4v) is 3.32. The standard InChI is InChI=1S/C20H22ClN3O4/c1-3-28-20(26)14-7-8-17(22-13(14)2)19(25)23-16-6-4-5-15(21)18(16)24-9-11-27-12-10-24/h4-8H,3,9-12H2,1-2H3,(H,23,25). The predicted octanol–water partition coefficient (Wildman–Crippen LogP) is 3.31. The number of hydrogen-bond acceptors (Lipinski definition) is 6. The van der Waals surface area contributed by atoms with Gasteiger partial charge in [-0.3, -0.25) is 4.79 Å². The molecule has 148 valence electrons. The predicted molar refractivity (Wildman–Crippen MR) is 107 cm³/mol. The van der Waals surface area contributed by atoms with Crippen molar-refractivity contribution < 1.29 is 19.1 Å². The average Bonchev–Trinajstić information content (AvgIpc) is 2.68. The largest absolute Gasteiger partial charge is 0.462 e. The van der Waals surface area contributed by atoms with E-state index < -0.39 is 5.97 Å². The number of benzene rings is 1. The molecule has 2 aromatic rings. The fourth-order valence-electron chi connectivity index (χ4n) is 3.02. The van der Waals surface area contributed by atoms with Gasteiger partial charge in [0.05, 0.1) is 47.5 Å². The number of esters is 1. The van der Waals surface area contributed by atoms with Crippen LogP contribution in [-0.4, -0.2) is 49.8 Å². The van der Waals surface area contributed by atoms with E-state index >= 15 is 0 Å². The Hall–Kier alpha value is -2.64. The highest BCUT2D eigenvalue weighted by Gasteiger charge is 2.20. The quantitative estimate of drug-likeness (QED) is 0.771. The number of anilines is 2. The monoisotopic (exact) mass is 403 g/mol. The summed E-state index contributed by atoms with van der Waals surface area (Å²) in [4.78, 5) is 31.0. The van der Waals surface area contributed by atoms with Gasteiger partial charge >= 0.3 is 5.97 Å². The Morgan fingerprint density at radius 2 is 2.00 bits per heavy atom. The minimum atomic E-state index is -0.455. The number of rotatable bonds is 5. The number of nitrogens with one attached hydrogen (secondary N) is 1. The number of carbonyl (C=O) groups is 2. The normalized spacial score (nSPS) is 13.9. The molecule has 1 aliphatic heterocycles. The lowest BCUT2D eigenvalue weighted by atomic mass is 10.1. The number of aryl methyl sites for hydroxylation is 1. The van der Waals surface area contributed by atoms with Gasteiger partial charge in [-0.1, -0.05) is 17.7 Å². The summed E-state index contributed by atoms with van der Waals surface area (Å²) < 4.78 is 10.4. The molecule has 1 aliphatic rings. The second-order valence-electron chi connectivity index (χ2n) is 6.24. The summed E-state index contributed by atoms with van der Waals surface area (Å²) in [6, 6.07) is 8.43. The summed E-state index contributed by atoms with van der Waals surface area (Å²) in [6.45, 7) is 6.28. The molecule has 1 saturated heterocycles. The van der Waals surface area contributed by atoms with Crippen molar-refractivity contribution in [1.82, 2.24) is 4.98 Å². The smallest absolute Gasteiger partial charge is 0.339 e. The molecule has 0 aliphatic carbocycles. The highest BCUT2D eigenvalue weighted by atomic mass is 35.5. The third-order valence-corrected chi connectivity index (χ3v) is 4.68. The fraction of sp³-hybridized carbons (Fsp3) is 0.350. The Kier molecular flexibility index (Phi) is 6.49. The van der Waals surface area contributed by atoms with Gasteiger partial charge in [0.1, 0.15) is 5.69 Å². The molecule has 2 heterocycles. The van der Waals surface area contributed by atoms with E-state index in [1.807, 2.05) is 0 Å². The van der Waals surface area contributed by atoms with Crippen LogP contribution in [0, 0.1) is 6.92 Å². The number of carbonyl (C=O) groups excluding carboxylic acids is 2. The van der Waals surface area contributed by atoms with E-state index in [4.69, 9.17) is 21.1 Å². The molecule has 0 atom stereocenters. The summed E-state index contributed by atoms with van der Waals surface area (Å²) in [5.74, 6) is -0.834. The first-order valence-electron chi connectivity index (χ1n) is 9.08. The average molecular weight is 404 g/mol. The van der Waals surface area contributed by atoms with Crippen molar-refractivity contribution in [2.45, 2.75) is 13.8 Å². The van der Waals surface area contributed by atoms with Crippen molar-refractivity contribution >= 4 is 34.9 Å². The van der Waals surface area contributed by atoms with Gasteiger partial charge in [-0.25, -0.2) is 9.78 Å². The minimum Gasteiger partial charge on any atom is -0.462 e. The van der Waals surface area contributed by atoms with Crippen LogP contribution in [0.25, 0.3) is 0 Å². The van der Waals surface area contributed by atoms with E-state index in [0.29, 0.717) is 48.3 Å². The number of aromatic nitrogens is 1. The first-order chi connectivity index (χ1) is 13.5. The van der Waals surface area contributed by atoms with Gasteiger partial charge in [0.25, 0.3) is 5.91 Å².